The van der Waals surface area contributed by atoms with Crippen molar-refractivity contribution in [3.8, 4) is 0 Å². The molecule has 1 aliphatic carbocycles. The second kappa shape index (κ2) is 57.1. The van der Waals surface area contributed by atoms with E-state index in [0.717, 1.165) is 89.9 Å². The third kappa shape index (κ3) is 40.1. The van der Waals surface area contributed by atoms with E-state index in [1.807, 2.05) is 0 Å². The number of phosphoric ester groups is 1. The predicted octanol–water partition coefficient (Wildman–Crippen LogP) is 12.0. The Labute approximate surface area is 606 Å². The Morgan fingerprint density at radius 3 is 1.07 bits per heavy atom. The number of carbonyl (C=O) groups is 3. The number of aliphatic hydroxyl groups is 10. The van der Waals surface area contributed by atoms with Crippen LogP contribution in [0.3, 0.4) is 0 Å². The van der Waals surface area contributed by atoms with Gasteiger partial charge in [0.1, 0.15) is 98.7 Å². The summed E-state index contributed by atoms with van der Waals surface area (Å²) in [4.78, 5) is 51.2. The maximum atomic E-state index is 14.4. The molecule has 25 heteroatoms. The molecule has 0 aromatic rings. The van der Waals surface area contributed by atoms with Gasteiger partial charge in [0.15, 0.2) is 18.7 Å². The van der Waals surface area contributed by atoms with Crippen LogP contribution in [0.5, 0.6) is 0 Å². The van der Waals surface area contributed by atoms with Gasteiger partial charge in [-0.3, -0.25) is 23.4 Å². The maximum Gasteiger partial charge on any atom is 0.472 e. The predicted molar refractivity (Wildman–Crippen MR) is 384 cm³/mol. The summed E-state index contributed by atoms with van der Waals surface area (Å²) >= 11 is 0. The largest absolute Gasteiger partial charge is 0.472 e. The third-order valence-corrected chi connectivity index (χ3v) is 21.3. The molecule has 2 heterocycles. The quantitative estimate of drug-likeness (QED) is 0.0117. The molecule has 2 saturated heterocycles. The van der Waals surface area contributed by atoms with Gasteiger partial charge in [-0.05, 0) is 25.2 Å². The molecule has 0 radical (unpaired) electrons. The van der Waals surface area contributed by atoms with Gasteiger partial charge in [-0.1, -0.05) is 291 Å². The molecule has 19 unspecified atom stereocenters. The highest BCUT2D eigenvalue weighted by molar-refractivity contribution is 7.47. The number of hydrogen-bond acceptors (Lipinski definition) is 23. The Morgan fingerprint density at radius 1 is 0.376 bits per heavy atom. The molecule has 11 N–H and O–H groups in total. The van der Waals surface area contributed by atoms with Crippen LogP contribution in [0, 0.1) is 5.92 Å². The van der Waals surface area contributed by atoms with E-state index in [9.17, 15) is 74.9 Å². The number of esters is 3. The van der Waals surface area contributed by atoms with Crippen molar-refractivity contribution in [1.29, 1.82) is 0 Å². The van der Waals surface area contributed by atoms with E-state index in [1.165, 1.54) is 173 Å². The van der Waals surface area contributed by atoms with E-state index in [2.05, 4.69) is 27.7 Å². The molecule has 3 fully saturated rings. The number of phosphoric acid groups is 1. The van der Waals surface area contributed by atoms with Crippen molar-refractivity contribution in [2.24, 2.45) is 5.92 Å². The van der Waals surface area contributed by atoms with Crippen molar-refractivity contribution in [2.75, 3.05) is 26.4 Å². The number of aliphatic hydroxyl groups excluding tert-OH is 10. The van der Waals surface area contributed by atoms with Gasteiger partial charge < -0.3 is 89.1 Å². The highest BCUT2D eigenvalue weighted by Crippen LogP contribution is 2.49. The first-order valence-corrected chi connectivity index (χ1v) is 41.7. The maximum absolute atomic E-state index is 14.4. The zero-order chi connectivity index (χ0) is 74.1. The van der Waals surface area contributed by atoms with Gasteiger partial charge >= 0.3 is 25.7 Å². The molecular weight excluding hydrogens is 1330 g/mol. The minimum absolute atomic E-state index is 0.0337. The highest BCUT2D eigenvalue weighted by atomic mass is 31.2. The van der Waals surface area contributed by atoms with E-state index < -0.39 is 156 Å². The van der Waals surface area contributed by atoms with E-state index in [4.69, 9.17) is 42.2 Å². The standard InChI is InChI=1S/C76H143O24P/c1-5-8-11-14-17-19-21-23-25-26-28-30-32-34-40-45-50-61(79)93-55-59-64(82)66(84)71(89)76(97-59)99-73-69(87)67(85)68(86)72(98-75-70(88)65(83)63(81)58(52-77)96-75)74(73)100-101(90,91)94-54-57(53-92-60(78)49-44-39-33-31-29-27-24-22-20-18-15-12-9-6-2)95-62(80)51-46-41-36-35-38-43-48-56(4)47-42-37-16-13-10-7-3/h56-59,63-77,81-89H,5-55H2,1-4H3,(H,90,91). The third-order valence-electron chi connectivity index (χ3n) is 20.3. The zero-order valence-electron chi connectivity index (χ0n) is 62.6. The number of carbonyl (C=O) groups excluding carboxylic acids is 3. The minimum Gasteiger partial charge on any atom is -0.463 e. The van der Waals surface area contributed by atoms with Crippen LogP contribution < -0.4 is 0 Å². The summed E-state index contributed by atoms with van der Waals surface area (Å²) in [6.45, 7) is 5.81. The van der Waals surface area contributed by atoms with E-state index in [0.29, 0.717) is 25.2 Å². The van der Waals surface area contributed by atoms with Gasteiger partial charge in [-0.15, -0.1) is 0 Å². The number of ether oxygens (including phenoxy) is 7. The van der Waals surface area contributed by atoms with E-state index in [-0.39, 0.29) is 19.3 Å². The second-order valence-electron chi connectivity index (χ2n) is 29.4. The first-order chi connectivity index (χ1) is 48.7. The molecule has 3 rings (SSSR count). The van der Waals surface area contributed by atoms with Crippen molar-refractivity contribution in [2.45, 2.75) is 434 Å². The summed E-state index contributed by atoms with van der Waals surface area (Å²) in [5, 5.41) is 110. The lowest BCUT2D eigenvalue weighted by Gasteiger charge is -2.49. The van der Waals surface area contributed by atoms with Crippen LogP contribution >= 0.6 is 7.82 Å². The summed E-state index contributed by atoms with van der Waals surface area (Å²) in [5.74, 6) is -1.29. The summed E-state index contributed by atoms with van der Waals surface area (Å²) in [5.41, 5.74) is 0. The molecule has 24 nitrogen and oxygen atoms in total. The van der Waals surface area contributed by atoms with Crippen LogP contribution in [-0.2, 0) is 61.2 Å². The summed E-state index contributed by atoms with van der Waals surface area (Å²) in [6, 6.07) is 0. The first-order valence-electron chi connectivity index (χ1n) is 40.2. The van der Waals surface area contributed by atoms with Gasteiger partial charge in [-0.25, -0.2) is 4.57 Å². The zero-order valence-corrected chi connectivity index (χ0v) is 63.5. The van der Waals surface area contributed by atoms with Gasteiger partial charge in [0, 0.05) is 19.3 Å². The van der Waals surface area contributed by atoms with Crippen LogP contribution in [-0.4, -0.2) is 204 Å². The highest BCUT2D eigenvalue weighted by Gasteiger charge is 2.58. The van der Waals surface area contributed by atoms with Crippen LogP contribution in [0.25, 0.3) is 0 Å². The van der Waals surface area contributed by atoms with Gasteiger partial charge in [0.05, 0.1) is 13.2 Å². The molecule has 0 bridgehead atoms. The molecule has 0 aromatic heterocycles. The second-order valence-corrected chi connectivity index (χ2v) is 30.8. The van der Waals surface area contributed by atoms with Crippen LogP contribution in [0.4, 0.5) is 0 Å². The molecule has 596 valence electrons. The fraction of sp³-hybridized carbons (Fsp3) is 0.961. The molecular formula is C76H143O24P. The lowest BCUT2D eigenvalue weighted by molar-refractivity contribution is -0.360. The number of unbranched alkanes of at least 4 members (excludes halogenated alkanes) is 38. The molecule has 1 saturated carbocycles. The van der Waals surface area contributed by atoms with Gasteiger partial charge in [0.2, 0.25) is 0 Å². The molecule has 0 aromatic carbocycles. The molecule has 19 atom stereocenters. The van der Waals surface area contributed by atoms with Crippen LogP contribution in [0.1, 0.15) is 329 Å². The molecule has 3 aliphatic rings. The van der Waals surface area contributed by atoms with Crippen LogP contribution in [0.2, 0.25) is 0 Å². The SMILES string of the molecule is CCCCCCCCCCCCCCCCCCC(=O)OCC1OC(OC2C(O)C(O)C(O)C(OC3OC(CO)C(O)C(O)C3O)C2OP(=O)(O)OCC(COC(=O)CCCCCCCCCCCCCCCC)OC(=O)CCCCCCCCC(C)CCCCCCCC)C(O)C(O)C1O. The fourth-order valence-electron chi connectivity index (χ4n) is 13.7. The Hall–Kier alpha value is -2.04. The topological polar surface area (TPSA) is 374 Å². The average molecular weight is 1470 g/mol. The Bertz CT molecular complexity index is 2100. The lowest BCUT2D eigenvalue weighted by Crippen LogP contribution is -2.69. The normalized spacial score (nSPS) is 27.4. The van der Waals surface area contributed by atoms with E-state index in [1.54, 1.807) is 0 Å². The van der Waals surface area contributed by atoms with E-state index >= 15 is 0 Å². The first kappa shape index (κ1) is 93.2. The molecule has 0 spiro atoms. The van der Waals surface area contributed by atoms with Crippen molar-refractivity contribution in [3.05, 3.63) is 0 Å². The van der Waals surface area contributed by atoms with Crippen molar-refractivity contribution in [1.82, 2.24) is 0 Å². The molecule has 0 amide bonds. The molecule has 2 aliphatic heterocycles. The van der Waals surface area contributed by atoms with Gasteiger partial charge in [0.25, 0.3) is 0 Å². The summed E-state index contributed by atoms with van der Waals surface area (Å²) < 4.78 is 65.2. The average Bonchev–Trinajstić information content (AvgIpc) is 0.761. The lowest BCUT2D eigenvalue weighted by atomic mass is 9.84. The van der Waals surface area contributed by atoms with Gasteiger partial charge in [-0.2, -0.15) is 0 Å². The van der Waals surface area contributed by atoms with Crippen LogP contribution in [0.15, 0.2) is 0 Å². The Kier molecular flexibility index (Phi) is 52.7. The van der Waals surface area contributed by atoms with Crippen molar-refractivity contribution in [3.63, 3.8) is 0 Å². The monoisotopic (exact) mass is 1470 g/mol. The van der Waals surface area contributed by atoms with Crippen molar-refractivity contribution >= 4 is 25.7 Å². The Balaban J connectivity index is 1.71. The summed E-state index contributed by atoms with van der Waals surface area (Å²) in [6.07, 6.45) is 14.3. The molecule has 101 heavy (non-hydrogen) atoms. The Morgan fingerprint density at radius 2 is 0.693 bits per heavy atom. The van der Waals surface area contributed by atoms with Crippen molar-refractivity contribution < 1.29 is 117 Å². The summed E-state index contributed by atoms with van der Waals surface area (Å²) in [7, 11) is -5.70. The number of rotatable bonds is 63. The smallest absolute Gasteiger partial charge is 0.463 e. The number of hydrogen-bond donors (Lipinski definition) is 11. The fourth-order valence-corrected chi connectivity index (χ4v) is 14.6. The minimum atomic E-state index is -5.70.